The van der Waals surface area contributed by atoms with Crippen molar-refractivity contribution in [2.45, 2.75) is 43.5 Å². The van der Waals surface area contributed by atoms with E-state index < -0.39 is 0 Å². The lowest BCUT2D eigenvalue weighted by Gasteiger charge is -2.31. The number of fused-ring (bicyclic) bond motifs is 2. The van der Waals surface area contributed by atoms with Crippen LogP contribution in [-0.4, -0.2) is 44.2 Å². The molecule has 2 saturated heterocycles. The number of ether oxygens (including phenoxy) is 4. The molecule has 1 aromatic carbocycles. The highest BCUT2D eigenvalue weighted by molar-refractivity contribution is 5.14. The largest absolute Gasteiger partial charge is 0.379 e. The third-order valence-corrected chi connectivity index (χ3v) is 4.17. The first-order valence-electron chi connectivity index (χ1n) is 7.39. The Hall–Kier alpha value is -1.20. The lowest BCUT2D eigenvalue weighted by Crippen LogP contribution is -2.47. The molecule has 3 rings (SSSR count). The molecule has 0 amide bonds. The maximum Gasteiger partial charge on any atom is 0.115 e. The van der Waals surface area contributed by atoms with Crippen LogP contribution in [0.15, 0.2) is 43.0 Å². The zero-order valence-electron chi connectivity index (χ0n) is 12.3. The predicted octanol–water partition coefficient (Wildman–Crippen LogP) is 2.33. The van der Waals surface area contributed by atoms with Gasteiger partial charge in [0.05, 0.1) is 25.4 Å². The van der Waals surface area contributed by atoms with E-state index in [-0.39, 0.29) is 30.5 Å². The summed E-state index contributed by atoms with van der Waals surface area (Å²) in [5.74, 6) is 0. The second-order valence-electron chi connectivity index (χ2n) is 5.50. The molecule has 2 heterocycles. The van der Waals surface area contributed by atoms with Crippen LogP contribution >= 0.6 is 0 Å². The van der Waals surface area contributed by atoms with Crippen LogP contribution in [0.25, 0.3) is 0 Å². The van der Waals surface area contributed by atoms with Gasteiger partial charge in [0.15, 0.2) is 0 Å². The van der Waals surface area contributed by atoms with E-state index in [1.807, 2.05) is 18.2 Å². The van der Waals surface area contributed by atoms with Gasteiger partial charge in [0.1, 0.15) is 18.3 Å². The molecular formula is C17H22O4. The average Bonchev–Trinajstić information content (AvgIpc) is 3.09. The molecule has 1 aromatic rings. The van der Waals surface area contributed by atoms with Crippen molar-refractivity contribution in [3.63, 3.8) is 0 Å². The summed E-state index contributed by atoms with van der Waals surface area (Å²) in [4.78, 5) is 0. The van der Waals surface area contributed by atoms with E-state index in [1.54, 1.807) is 13.2 Å². The molecule has 0 aromatic heterocycles. The Morgan fingerprint density at radius 3 is 2.76 bits per heavy atom. The van der Waals surface area contributed by atoms with Gasteiger partial charge in [-0.3, -0.25) is 0 Å². The predicted molar refractivity (Wildman–Crippen MR) is 79.0 cm³/mol. The summed E-state index contributed by atoms with van der Waals surface area (Å²) in [6, 6.07) is 10.1. The van der Waals surface area contributed by atoms with Gasteiger partial charge in [-0.05, 0) is 5.56 Å². The molecule has 0 radical (unpaired) electrons. The van der Waals surface area contributed by atoms with E-state index in [0.717, 1.165) is 12.0 Å². The smallest absolute Gasteiger partial charge is 0.115 e. The maximum atomic E-state index is 6.10. The molecule has 2 aliphatic rings. The molecule has 0 saturated carbocycles. The topological polar surface area (TPSA) is 36.9 Å². The normalized spacial score (nSPS) is 34.2. The summed E-state index contributed by atoms with van der Waals surface area (Å²) in [5, 5.41) is 0. The molecule has 2 fully saturated rings. The van der Waals surface area contributed by atoms with Crippen LogP contribution in [0.1, 0.15) is 12.0 Å². The first kappa shape index (κ1) is 14.7. The minimum Gasteiger partial charge on any atom is -0.379 e. The van der Waals surface area contributed by atoms with Gasteiger partial charge in [-0.1, -0.05) is 36.4 Å². The third-order valence-electron chi connectivity index (χ3n) is 4.17. The van der Waals surface area contributed by atoms with Gasteiger partial charge in [0.2, 0.25) is 0 Å². The average molecular weight is 290 g/mol. The lowest BCUT2D eigenvalue weighted by molar-refractivity contribution is -0.105. The summed E-state index contributed by atoms with van der Waals surface area (Å²) in [6.07, 6.45) is 2.61. The van der Waals surface area contributed by atoms with Crippen molar-refractivity contribution in [2.75, 3.05) is 13.7 Å². The molecule has 4 nitrogen and oxygen atoms in total. The molecule has 4 heteroatoms. The zero-order valence-corrected chi connectivity index (χ0v) is 12.3. The van der Waals surface area contributed by atoms with Crippen molar-refractivity contribution < 1.29 is 18.9 Å². The molecule has 0 unspecified atom stereocenters. The molecule has 0 spiro atoms. The van der Waals surface area contributed by atoms with Crippen LogP contribution in [0.5, 0.6) is 0 Å². The second kappa shape index (κ2) is 6.71. The van der Waals surface area contributed by atoms with Crippen LogP contribution in [0, 0.1) is 0 Å². The first-order valence-corrected chi connectivity index (χ1v) is 7.39. The Morgan fingerprint density at radius 1 is 1.24 bits per heavy atom. The number of hydrogen-bond donors (Lipinski definition) is 0. The van der Waals surface area contributed by atoms with Crippen molar-refractivity contribution in [1.29, 1.82) is 0 Å². The van der Waals surface area contributed by atoms with Crippen molar-refractivity contribution in [3.8, 4) is 0 Å². The molecule has 114 valence electrons. The van der Waals surface area contributed by atoms with Crippen molar-refractivity contribution in [1.82, 2.24) is 0 Å². The number of methoxy groups -OCH3 is 1. The fraction of sp³-hybridized carbons (Fsp3) is 0.529. The van der Waals surface area contributed by atoms with Crippen LogP contribution in [0.2, 0.25) is 0 Å². The maximum absolute atomic E-state index is 6.10. The van der Waals surface area contributed by atoms with Crippen LogP contribution in [0.3, 0.4) is 0 Å². The number of hydrogen-bond acceptors (Lipinski definition) is 4. The summed E-state index contributed by atoms with van der Waals surface area (Å²) in [5.41, 5.74) is 1.15. The molecule has 2 bridgehead atoms. The van der Waals surface area contributed by atoms with E-state index >= 15 is 0 Å². The van der Waals surface area contributed by atoms with Crippen LogP contribution < -0.4 is 0 Å². The fourth-order valence-corrected chi connectivity index (χ4v) is 3.18. The third kappa shape index (κ3) is 3.04. The SMILES string of the molecule is C=CCO[C@H]1[C@H](OCc2ccccc2)[C@H]2O[C@@H]1C[C@@H]2OC. The summed E-state index contributed by atoms with van der Waals surface area (Å²) >= 11 is 0. The van der Waals surface area contributed by atoms with Crippen LogP contribution in [0.4, 0.5) is 0 Å². The van der Waals surface area contributed by atoms with E-state index in [0.29, 0.717) is 13.2 Å². The van der Waals surface area contributed by atoms with Gasteiger partial charge < -0.3 is 18.9 Å². The zero-order chi connectivity index (χ0) is 14.7. The van der Waals surface area contributed by atoms with Crippen LogP contribution in [-0.2, 0) is 25.6 Å². The monoisotopic (exact) mass is 290 g/mol. The lowest BCUT2D eigenvalue weighted by atomic mass is 9.92. The first-order chi connectivity index (χ1) is 10.3. The van der Waals surface area contributed by atoms with Gasteiger partial charge in [-0.15, -0.1) is 6.58 Å². The van der Waals surface area contributed by atoms with Gasteiger partial charge in [-0.2, -0.15) is 0 Å². The van der Waals surface area contributed by atoms with Gasteiger partial charge >= 0.3 is 0 Å². The molecule has 2 aliphatic heterocycles. The fourth-order valence-electron chi connectivity index (χ4n) is 3.18. The van der Waals surface area contributed by atoms with E-state index in [9.17, 15) is 0 Å². The Kier molecular flexibility index (Phi) is 4.70. The standard InChI is InChI=1S/C17H22O4/c1-3-9-19-15-14-10-13(18-2)16(21-14)17(15)20-11-12-7-5-4-6-8-12/h3-8,13-17H,1,9-11H2,2H3/t13-,14+,15+,16-,17-/m0/s1. The van der Waals surface area contributed by atoms with E-state index in [1.165, 1.54) is 0 Å². The van der Waals surface area contributed by atoms with E-state index in [2.05, 4.69) is 18.7 Å². The van der Waals surface area contributed by atoms with Crippen molar-refractivity contribution in [2.24, 2.45) is 0 Å². The Bertz CT molecular complexity index is 461. The quantitative estimate of drug-likeness (QED) is 0.722. The molecule has 0 aliphatic carbocycles. The highest BCUT2D eigenvalue weighted by atomic mass is 16.6. The summed E-state index contributed by atoms with van der Waals surface area (Å²) in [7, 11) is 1.72. The summed E-state index contributed by atoms with van der Waals surface area (Å²) in [6.45, 7) is 4.77. The summed E-state index contributed by atoms with van der Waals surface area (Å²) < 4.78 is 23.4. The van der Waals surface area contributed by atoms with Gasteiger partial charge in [-0.25, -0.2) is 0 Å². The van der Waals surface area contributed by atoms with Gasteiger partial charge in [0, 0.05) is 13.5 Å². The molecule has 0 N–H and O–H groups in total. The van der Waals surface area contributed by atoms with Gasteiger partial charge in [0.25, 0.3) is 0 Å². The Labute approximate surface area is 125 Å². The Morgan fingerprint density at radius 2 is 2.05 bits per heavy atom. The Balaban J connectivity index is 1.65. The van der Waals surface area contributed by atoms with Crippen molar-refractivity contribution >= 4 is 0 Å². The minimum atomic E-state index is -0.0890. The highest BCUT2D eigenvalue weighted by Crippen LogP contribution is 2.40. The molecule has 5 atom stereocenters. The number of benzene rings is 1. The van der Waals surface area contributed by atoms with E-state index in [4.69, 9.17) is 18.9 Å². The molecular weight excluding hydrogens is 268 g/mol. The highest BCUT2D eigenvalue weighted by Gasteiger charge is 2.56. The second-order valence-corrected chi connectivity index (χ2v) is 5.50. The van der Waals surface area contributed by atoms with Crippen molar-refractivity contribution in [3.05, 3.63) is 48.6 Å². The minimum absolute atomic E-state index is 0.0388. The molecule has 21 heavy (non-hydrogen) atoms. The number of rotatable bonds is 7.